The molecule has 0 bridgehead atoms. The lowest BCUT2D eigenvalue weighted by molar-refractivity contribution is -0.115. The van der Waals surface area contributed by atoms with Gasteiger partial charge in [0.15, 0.2) is 17.5 Å². The van der Waals surface area contributed by atoms with Crippen molar-refractivity contribution in [1.82, 2.24) is 4.98 Å². The van der Waals surface area contributed by atoms with E-state index in [0.29, 0.717) is 5.75 Å². The molecule has 1 heterocycles. The number of benzene rings is 2. The average molecular weight is 348 g/mol. The summed E-state index contributed by atoms with van der Waals surface area (Å²) in [7, 11) is 1.54. The predicted molar refractivity (Wildman–Crippen MR) is 88.2 cm³/mol. The molecular weight excluding hydrogens is 333 g/mol. The summed E-state index contributed by atoms with van der Waals surface area (Å²) in [6, 6.07) is 7.16. The number of aromatic amines is 1. The molecule has 0 atom stereocenters. The monoisotopic (exact) mass is 348 g/mol. The molecule has 3 rings (SSSR count). The largest absolute Gasteiger partial charge is 0.497 e. The lowest BCUT2D eigenvalue weighted by Crippen LogP contribution is -2.16. The molecule has 0 spiro atoms. The van der Waals surface area contributed by atoms with Gasteiger partial charge in [-0.15, -0.1) is 0 Å². The first-order chi connectivity index (χ1) is 11.9. The second-order valence-electron chi connectivity index (χ2n) is 5.59. The van der Waals surface area contributed by atoms with E-state index in [-0.39, 0.29) is 6.42 Å². The van der Waals surface area contributed by atoms with Crippen LogP contribution in [0, 0.1) is 24.4 Å². The summed E-state index contributed by atoms with van der Waals surface area (Å²) in [5, 5.41) is 3.07. The highest BCUT2D eigenvalue weighted by Gasteiger charge is 2.17. The van der Waals surface area contributed by atoms with E-state index in [9.17, 15) is 18.0 Å². The zero-order chi connectivity index (χ0) is 18.1. The Morgan fingerprint density at radius 2 is 1.92 bits per heavy atom. The van der Waals surface area contributed by atoms with Gasteiger partial charge in [-0.1, -0.05) is 0 Å². The molecule has 0 aliphatic rings. The normalized spacial score (nSPS) is 10.9. The number of H-pyrrole nitrogens is 1. The van der Waals surface area contributed by atoms with Crippen LogP contribution in [0.2, 0.25) is 0 Å². The number of fused-ring (bicyclic) bond motifs is 1. The van der Waals surface area contributed by atoms with Crippen LogP contribution in [0.3, 0.4) is 0 Å². The van der Waals surface area contributed by atoms with E-state index in [1.54, 1.807) is 19.2 Å². The summed E-state index contributed by atoms with van der Waals surface area (Å²) < 4.78 is 45.1. The van der Waals surface area contributed by atoms with Crippen LogP contribution in [0.1, 0.15) is 11.3 Å². The summed E-state index contributed by atoms with van der Waals surface area (Å²) in [4.78, 5) is 15.4. The van der Waals surface area contributed by atoms with Crippen molar-refractivity contribution in [3.63, 3.8) is 0 Å². The first-order valence-corrected chi connectivity index (χ1v) is 7.49. The maximum atomic E-state index is 13.7. The molecule has 1 aromatic heterocycles. The fourth-order valence-electron chi connectivity index (χ4n) is 2.69. The third-order valence-electron chi connectivity index (χ3n) is 3.97. The van der Waals surface area contributed by atoms with Crippen molar-refractivity contribution in [2.24, 2.45) is 0 Å². The Labute approximate surface area is 141 Å². The quantitative estimate of drug-likeness (QED) is 0.698. The molecule has 130 valence electrons. The topological polar surface area (TPSA) is 54.1 Å². The number of amides is 1. The van der Waals surface area contributed by atoms with E-state index in [2.05, 4.69) is 10.3 Å². The van der Waals surface area contributed by atoms with E-state index in [0.717, 1.165) is 34.3 Å². The number of ether oxygens (including phenoxy) is 1. The Balaban J connectivity index is 1.87. The van der Waals surface area contributed by atoms with E-state index in [1.807, 2.05) is 13.0 Å². The SMILES string of the molecule is COc1ccc2[nH]c(C)c(CC(=O)Nc3ccc(F)c(F)c3F)c2c1. The van der Waals surface area contributed by atoms with Crippen LogP contribution >= 0.6 is 0 Å². The second-order valence-corrected chi connectivity index (χ2v) is 5.59. The minimum atomic E-state index is -1.62. The van der Waals surface area contributed by atoms with Gasteiger partial charge < -0.3 is 15.0 Å². The van der Waals surface area contributed by atoms with Crippen LogP contribution < -0.4 is 10.1 Å². The number of carbonyl (C=O) groups is 1. The molecule has 3 aromatic rings. The van der Waals surface area contributed by atoms with Crippen LogP contribution in [-0.2, 0) is 11.2 Å². The first-order valence-electron chi connectivity index (χ1n) is 7.49. The Kier molecular flexibility index (Phi) is 4.39. The molecule has 1 amide bonds. The number of carbonyl (C=O) groups excluding carboxylic acids is 1. The van der Waals surface area contributed by atoms with Crippen molar-refractivity contribution in [2.75, 3.05) is 12.4 Å². The molecule has 4 nitrogen and oxygen atoms in total. The highest BCUT2D eigenvalue weighted by molar-refractivity contribution is 5.96. The smallest absolute Gasteiger partial charge is 0.228 e. The van der Waals surface area contributed by atoms with Crippen LogP contribution in [0.25, 0.3) is 10.9 Å². The molecule has 2 aromatic carbocycles. The number of rotatable bonds is 4. The summed E-state index contributed by atoms with van der Waals surface area (Å²) in [6.07, 6.45) is -0.0581. The van der Waals surface area contributed by atoms with Gasteiger partial charge in [-0.2, -0.15) is 0 Å². The van der Waals surface area contributed by atoms with Gasteiger partial charge >= 0.3 is 0 Å². The number of nitrogens with one attached hydrogen (secondary N) is 2. The van der Waals surface area contributed by atoms with Gasteiger partial charge in [0.25, 0.3) is 0 Å². The number of aromatic nitrogens is 1. The minimum absolute atomic E-state index is 0.0581. The molecule has 0 saturated heterocycles. The second kappa shape index (κ2) is 6.51. The van der Waals surface area contributed by atoms with E-state index in [4.69, 9.17) is 4.74 Å². The van der Waals surface area contributed by atoms with Crippen LogP contribution in [0.15, 0.2) is 30.3 Å². The van der Waals surface area contributed by atoms with Crippen molar-refractivity contribution in [2.45, 2.75) is 13.3 Å². The number of methoxy groups -OCH3 is 1. The Hall–Kier alpha value is -2.96. The average Bonchev–Trinajstić information content (AvgIpc) is 2.90. The molecule has 0 aliphatic carbocycles. The zero-order valence-corrected chi connectivity index (χ0v) is 13.5. The highest BCUT2D eigenvalue weighted by Crippen LogP contribution is 2.27. The summed E-state index contributed by atoms with van der Waals surface area (Å²) in [5.41, 5.74) is 1.93. The zero-order valence-electron chi connectivity index (χ0n) is 13.5. The molecule has 0 radical (unpaired) electrons. The van der Waals surface area contributed by atoms with Gasteiger partial charge in [0.1, 0.15) is 5.75 Å². The van der Waals surface area contributed by atoms with Crippen LogP contribution in [0.5, 0.6) is 5.75 Å². The standard InChI is InChI=1S/C18H15F3N2O2/c1-9-11(12-7-10(25-2)3-5-14(12)22-9)8-16(24)23-15-6-4-13(19)17(20)18(15)21/h3-7,22H,8H2,1-2H3,(H,23,24). The van der Waals surface area contributed by atoms with Gasteiger partial charge in [0.2, 0.25) is 5.91 Å². The highest BCUT2D eigenvalue weighted by atomic mass is 19.2. The molecule has 0 aliphatic heterocycles. The van der Waals surface area contributed by atoms with Crippen molar-refractivity contribution >= 4 is 22.5 Å². The lowest BCUT2D eigenvalue weighted by atomic mass is 10.1. The minimum Gasteiger partial charge on any atom is -0.497 e. The predicted octanol–water partition coefficient (Wildman–Crippen LogP) is 4.08. The van der Waals surface area contributed by atoms with E-state index < -0.39 is 29.0 Å². The molecule has 25 heavy (non-hydrogen) atoms. The number of halogens is 3. The Morgan fingerprint density at radius 3 is 2.64 bits per heavy atom. The van der Waals surface area contributed by atoms with Crippen molar-refractivity contribution in [1.29, 1.82) is 0 Å². The molecule has 2 N–H and O–H groups in total. The summed E-state index contributed by atoms with van der Waals surface area (Å²) >= 11 is 0. The molecular formula is C18H15F3N2O2. The third-order valence-corrected chi connectivity index (χ3v) is 3.97. The van der Waals surface area contributed by atoms with Gasteiger partial charge in [0.05, 0.1) is 19.2 Å². The van der Waals surface area contributed by atoms with Crippen molar-refractivity contribution in [3.8, 4) is 5.75 Å². The molecule has 0 unspecified atom stereocenters. The van der Waals surface area contributed by atoms with Crippen LogP contribution in [-0.4, -0.2) is 18.0 Å². The number of aryl methyl sites for hydroxylation is 1. The maximum Gasteiger partial charge on any atom is 0.228 e. The van der Waals surface area contributed by atoms with Gasteiger partial charge in [-0.05, 0) is 42.8 Å². The maximum absolute atomic E-state index is 13.7. The van der Waals surface area contributed by atoms with Crippen molar-refractivity contribution < 1.29 is 22.7 Å². The number of hydrogen-bond acceptors (Lipinski definition) is 2. The van der Waals surface area contributed by atoms with E-state index in [1.165, 1.54) is 0 Å². The summed E-state index contributed by atoms with van der Waals surface area (Å²) in [6.45, 7) is 1.81. The van der Waals surface area contributed by atoms with Crippen LogP contribution in [0.4, 0.5) is 18.9 Å². The molecule has 0 saturated carbocycles. The first kappa shape index (κ1) is 16.9. The molecule has 0 fully saturated rings. The van der Waals surface area contributed by atoms with Gasteiger partial charge in [-0.25, -0.2) is 13.2 Å². The lowest BCUT2D eigenvalue weighted by Gasteiger charge is -2.08. The van der Waals surface area contributed by atoms with Crippen molar-refractivity contribution in [3.05, 3.63) is 59.0 Å². The number of anilines is 1. The Morgan fingerprint density at radius 1 is 1.16 bits per heavy atom. The van der Waals surface area contributed by atoms with Gasteiger partial charge in [-0.3, -0.25) is 4.79 Å². The fraction of sp³-hybridized carbons (Fsp3) is 0.167. The molecule has 7 heteroatoms. The summed E-state index contributed by atoms with van der Waals surface area (Å²) in [5.74, 6) is -4.26. The third kappa shape index (κ3) is 3.17. The van der Waals surface area contributed by atoms with Gasteiger partial charge in [0, 0.05) is 16.6 Å². The van der Waals surface area contributed by atoms with E-state index >= 15 is 0 Å². The fourth-order valence-corrected chi connectivity index (χ4v) is 2.69. The number of hydrogen-bond donors (Lipinski definition) is 2. The Bertz CT molecular complexity index is 967.